The molecule has 2 rings (SSSR count). The number of hydrogen-bond donors (Lipinski definition) is 0. The highest BCUT2D eigenvalue weighted by Gasteiger charge is 2.05. The van der Waals surface area contributed by atoms with Gasteiger partial charge in [0.15, 0.2) is 11.6 Å². The van der Waals surface area contributed by atoms with Crippen molar-refractivity contribution in [3.8, 4) is 5.75 Å². The largest absolute Gasteiger partial charge is 0.493 e. The van der Waals surface area contributed by atoms with E-state index in [1.165, 1.54) is 13.2 Å². The van der Waals surface area contributed by atoms with Gasteiger partial charge in [-0.2, -0.15) is 0 Å². The third kappa shape index (κ3) is 2.94. The third-order valence-electron chi connectivity index (χ3n) is 2.55. The summed E-state index contributed by atoms with van der Waals surface area (Å²) < 4.78 is 18.4. The quantitative estimate of drug-likeness (QED) is 0.754. The fourth-order valence-electron chi connectivity index (χ4n) is 1.68. The molecule has 0 atom stereocenters. The molecule has 2 aromatic rings. The lowest BCUT2D eigenvalue weighted by Gasteiger charge is -2.04. The van der Waals surface area contributed by atoms with E-state index in [0.717, 1.165) is 5.56 Å². The molecule has 3 heteroatoms. The summed E-state index contributed by atoms with van der Waals surface area (Å²) in [4.78, 5) is 4.29. The maximum absolute atomic E-state index is 13.4. The van der Waals surface area contributed by atoms with Crippen LogP contribution in [0.15, 0.2) is 53.5 Å². The Balaban J connectivity index is 2.12. The van der Waals surface area contributed by atoms with Gasteiger partial charge in [-0.25, -0.2) is 4.39 Å². The second-order valence-corrected chi connectivity index (χ2v) is 3.82. The molecule has 0 heterocycles. The van der Waals surface area contributed by atoms with Gasteiger partial charge < -0.3 is 4.74 Å². The molecule has 0 aliphatic carbocycles. The summed E-state index contributed by atoms with van der Waals surface area (Å²) in [7, 11) is 1.45. The lowest BCUT2D eigenvalue weighted by Crippen LogP contribution is -1.94. The highest BCUT2D eigenvalue weighted by atomic mass is 19.1. The Labute approximate surface area is 106 Å². The van der Waals surface area contributed by atoms with Crippen LogP contribution in [0.4, 0.5) is 4.39 Å². The van der Waals surface area contributed by atoms with Crippen LogP contribution in [0.1, 0.15) is 11.1 Å². The van der Waals surface area contributed by atoms with Crippen LogP contribution in [0, 0.1) is 5.82 Å². The molecule has 0 aliphatic rings. The zero-order valence-corrected chi connectivity index (χ0v) is 10.1. The van der Waals surface area contributed by atoms with Crippen LogP contribution in [-0.2, 0) is 6.54 Å². The zero-order valence-electron chi connectivity index (χ0n) is 10.1. The van der Waals surface area contributed by atoms with Crippen molar-refractivity contribution in [1.29, 1.82) is 0 Å². The number of benzene rings is 2. The normalized spacial score (nSPS) is 10.8. The van der Waals surface area contributed by atoms with E-state index in [1.807, 2.05) is 30.3 Å². The van der Waals surface area contributed by atoms with E-state index in [1.54, 1.807) is 18.3 Å². The van der Waals surface area contributed by atoms with Crippen LogP contribution in [0.25, 0.3) is 0 Å². The summed E-state index contributed by atoms with van der Waals surface area (Å²) in [5.74, 6) is -0.143. The molecule has 2 nitrogen and oxygen atoms in total. The molecule has 0 saturated carbocycles. The van der Waals surface area contributed by atoms with Crippen molar-refractivity contribution in [2.24, 2.45) is 4.99 Å². The van der Waals surface area contributed by atoms with Gasteiger partial charge in [0.25, 0.3) is 0 Å². The van der Waals surface area contributed by atoms with Crippen molar-refractivity contribution in [3.63, 3.8) is 0 Å². The first-order valence-electron chi connectivity index (χ1n) is 5.67. The summed E-state index contributed by atoms with van der Waals surface area (Å²) in [6.45, 7) is 0.570. The van der Waals surface area contributed by atoms with Crippen molar-refractivity contribution in [1.82, 2.24) is 0 Å². The molecule has 0 bridgehead atoms. The number of methoxy groups -OCH3 is 1. The average molecular weight is 243 g/mol. The van der Waals surface area contributed by atoms with E-state index in [2.05, 4.69) is 4.99 Å². The smallest absolute Gasteiger partial charge is 0.165 e. The second-order valence-electron chi connectivity index (χ2n) is 3.82. The fourth-order valence-corrected chi connectivity index (χ4v) is 1.68. The van der Waals surface area contributed by atoms with Crippen LogP contribution < -0.4 is 4.74 Å². The van der Waals surface area contributed by atoms with Crippen LogP contribution in [0.2, 0.25) is 0 Å². The topological polar surface area (TPSA) is 21.6 Å². The monoisotopic (exact) mass is 243 g/mol. The number of nitrogens with zero attached hydrogens (tertiary/aromatic N) is 1. The summed E-state index contributed by atoms with van der Waals surface area (Å²) in [5.41, 5.74) is 1.76. The standard InChI is InChI=1S/C15H14FNO/c1-18-15-13(8-5-9-14(15)16)11-17-10-12-6-3-2-4-7-12/h2-9,11H,10H2,1H3. The number of aliphatic imine (C=N–C) groups is 1. The van der Waals surface area contributed by atoms with Gasteiger partial charge in [0, 0.05) is 11.8 Å². The van der Waals surface area contributed by atoms with E-state index in [9.17, 15) is 4.39 Å². The summed E-state index contributed by atoms with van der Waals surface area (Å²) in [5, 5.41) is 0. The van der Waals surface area contributed by atoms with Crippen molar-refractivity contribution in [2.75, 3.05) is 7.11 Å². The Morgan fingerprint density at radius 2 is 1.89 bits per heavy atom. The first kappa shape index (κ1) is 12.3. The van der Waals surface area contributed by atoms with Crippen LogP contribution in [0.5, 0.6) is 5.75 Å². The van der Waals surface area contributed by atoms with Crippen molar-refractivity contribution >= 4 is 6.21 Å². The number of rotatable bonds is 4. The number of ether oxygens (including phenoxy) is 1. The molecule has 0 saturated heterocycles. The summed E-state index contributed by atoms with van der Waals surface area (Å²) >= 11 is 0. The average Bonchev–Trinajstić information content (AvgIpc) is 2.40. The lowest BCUT2D eigenvalue weighted by molar-refractivity contribution is 0.386. The molecule has 0 unspecified atom stereocenters. The van der Waals surface area contributed by atoms with Crippen LogP contribution in [0.3, 0.4) is 0 Å². The number of halogens is 1. The zero-order chi connectivity index (χ0) is 12.8. The minimum Gasteiger partial charge on any atom is -0.493 e. The van der Waals surface area contributed by atoms with Gasteiger partial charge in [0.05, 0.1) is 13.7 Å². The number of para-hydroxylation sites is 1. The molecule has 92 valence electrons. The van der Waals surface area contributed by atoms with E-state index >= 15 is 0 Å². The summed E-state index contributed by atoms with van der Waals surface area (Å²) in [6.07, 6.45) is 1.63. The van der Waals surface area contributed by atoms with Crippen molar-refractivity contribution in [2.45, 2.75) is 6.54 Å². The molecule has 18 heavy (non-hydrogen) atoms. The highest BCUT2D eigenvalue weighted by molar-refractivity contribution is 5.83. The first-order chi connectivity index (χ1) is 8.81. The Hall–Kier alpha value is -2.16. The lowest BCUT2D eigenvalue weighted by atomic mass is 10.2. The van der Waals surface area contributed by atoms with Crippen molar-refractivity contribution in [3.05, 3.63) is 65.5 Å². The Morgan fingerprint density at radius 3 is 2.61 bits per heavy atom. The predicted molar refractivity (Wildman–Crippen MR) is 70.7 cm³/mol. The van der Waals surface area contributed by atoms with Crippen LogP contribution >= 0.6 is 0 Å². The maximum Gasteiger partial charge on any atom is 0.165 e. The maximum atomic E-state index is 13.4. The van der Waals surface area contributed by atoms with Gasteiger partial charge in [-0.1, -0.05) is 36.4 Å². The Kier molecular flexibility index (Phi) is 4.07. The third-order valence-corrected chi connectivity index (χ3v) is 2.55. The van der Waals surface area contributed by atoms with Gasteiger partial charge in [-0.05, 0) is 17.7 Å². The molecule has 2 aromatic carbocycles. The van der Waals surface area contributed by atoms with E-state index in [0.29, 0.717) is 12.1 Å². The predicted octanol–water partition coefficient (Wildman–Crippen LogP) is 3.45. The number of hydrogen-bond acceptors (Lipinski definition) is 2. The van der Waals surface area contributed by atoms with E-state index in [4.69, 9.17) is 4.74 Å². The molecule has 0 spiro atoms. The SMILES string of the molecule is COc1c(F)cccc1C=NCc1ccccc1. The molecular formula is C15H14FNO. The molecule has 0 aliphatic heterocycles. The minimum atomic E-state index is -0.374. The van der Waals surface area contributed by atoms with Gasteiger partial charge in [0.1, 0.15) is 0 Å². The van der Waals surface area contributed by atoms with Gasteiger partial charge in [-0.3, -0.25) is 4.99 Å². The first-order valence-corrected chi connectivity index (χ1v) is 5.67. The Morgan fingerprint density at radius 1 is 1.11 bits per heavy atom. The van der Waals surface area contributed by atoms with Gasteiger partial charge in [-0.15, -0.1) is 0 Å². The highest BCUT2D eigenvalue weighted by Crippen LogP contribution is 2.20. The molecule has 0 fully saturated rings. The molecular weight excluding hydrogens is 229 g/mol. The second kappa shape index (κ2) is 5.96. The minimum absolute atomic E-state index is 0.231. The molecule has 0 radical (unpaired) electrons. The molecule has 0 amide bonds. The van der Waals surface area contributed by atoms with Crippen molar-refractivity contribution < 1.29 is 9.13 Å². The summed E-state index contributed by atoms with van der Waals surface area (Å²) in [6, 6.07) is 14.7. The van der Waals surface area contributed by atoms with Gasteiger partial charge >= 0.3 is 0 Å². The van der Waals surface area contributed by atoms with Crippen LogP contribution in [-0.4, -0.2) is 13.3 Å². The fraction of sp³-hybridized carbons (Fsp3) is 0.133. The molecule has 0 aromatic heterocycles. The van der Waals surface area contributed by atoms with Gasteiger partial charge in [0.2, 0.25) is 0 Å². The van der Waals surface area contributed by atoms with E-state index in [-0.39, 0.29) is 11.6 Å². The molecule has 0 N–H and O–H groups in total. The van der Waals surface area contributed by atoms with E-state index < -0.39 is 0 Å². The Bertz CT molecular complexity index is 537.